The van der Waals surface area contributed by atoms with E-state index in [1.54, 1.807) is 0 Å². The van der Waals surface area contributed by atoms with Crippen LogP contribution < -0.4 is 5.32 Å². The highest BCUT2D eigenvalue weighted by molar-refractivity contribution is 5.15. The van der Waals surface area contributed by atoms with Gasteiger partial charge in [0.25, 0.3) is 0 Å². The molecule has 1 N–H and O–H groups in total. The van der Waals surface area contributed by atoms with Crippen molar-refractivity contribution in [3.63, 3.8) is 0 Å². The topological polar surface area (TPSA) is 29.9 Å². The van der Waals surface area contributed by atoms with E-state index in [1.807, 2.05) is 17.9 Å². The standard InChI is InChI=1S/C11H19N3/c1-4-11(2)8-12-7-9(11)10-5-6-14(3)13-10/h5-6,9,12H,4,7-8H2,1-3H3. The zero-order valence-electron chi connectivity index (χ0n) is 9.25. The molecule has 0 amide bonds. The fraction of sp³-hybridized carbons (Fsp3) is 0.727. The van der Waals surface area contributed by atoms with E-state index < -0.39 is 0 Å². The molecule has 1 aromatic rings. The van der Waals surface area contributed by atoms with E-state index in [-0.39, 0.29) is 0 Å². The molecule has 2 heterocycles. The Kier molecular flexibility index (Phi) is 2.35. The van der Waals surface area contributed by atoms with Gasteiger partial charge in [-0.2, -0.15) is 5.10 Å². The van der Waals surface area contributed by atoms with Gasteiger partial charge in [-0.25, -0.2) is 0 Å². The van der Waals surface area contributed by atoms with Crippen LogP contribution in [0.3, 0.4) is 0 Å². The van der Waals surface area contributed by atoms with Gasteiger partial charge in [0.1, 0.15) is 0 Å². The molecule has 2 atom stereocenters. The molecule has 0 aliphatic carbocycles. The largest absolute Gasteiger partial charge is 0.315 e. The minimum atomic E-state index is 0.383. The second kappa shape index (κ2) is 3.39. The maximum absolute atomic E-state index is 4.51. The molecule has 2 rings (SSSR count). The first-order valence-electron chi connectivity index (χ1n) is 5.36. The first-order chi connectivity index (χ1) is 6.65. The molecule has 3 heteroatoms. The molecule has 78 valence electrons. The lowest BCUT2D eigenvalue weighted by molar-refractivity contribution is 0.303. The quantitative estimate of drug-likeness (QED) is 0.772. The van der Waals surface area contributed by atoms with Crippen LogP contribution in [0, 0.1) is 5.41 Å². The maximum atomic E-state index is 4.51. The van der Waals surface area contributed by atoms with Crippen molar-refractivity contribution >= 4 is 0 Å². The van der Waals surface area contributed by atoms with Gasteiger partial charge in [0, 0.05) is 32.3 Å². The summed E-state index contributed by atoms with van der Waals surface area (Å²) in [5.41, 5.74) is 1.62. The summed E-state index contributed by atoms with van der Waals surface area (Å²) in [6.07, 6.45) is 3.24. The molecule has 1 aliphatic heterocycles. The van der Waals surface area contributed by atoms with Gasteiger partial charge in [-0.1, -0.05) is 13.8 Å². The van der Waals surface area contributed by atoms with Crippen LogP contribution in [0.1, 0.15) is 31.9 Å². The molecule has 0 radical (unpaired) electrons. The highest BCUT2D eigenvalue weighted by Gasteiger charge is 2.39. The van der Waals surface area contributed by atoms with E-state index in [1.165, 1.54) is 12.1 Å². The van der Waals surface area contributed by atoms with Gasteiger partial charge in [-0.05, 0) is 17.9 Å². The van der Waals surface area contributed by atoms with Gasteiger partial charge < -0.3 is 5.32 Å². The van der Waals surface area contributed by atoms with E-state index in [9.17, 15) is 0 Å². The van der Waals surface area contributed by atoms with E-state index in [0.717, 1.165) is 13.1 Å². The third kappa shape index (κ3) is 1.46. The van der Waals surface area contributed by atoms with Crippen LogP contribution in [0.15, 0.2) is 12.3 Å². The first-order valence-corrected chi connectivity index (χ1v) is 5.36. The zero-order valence-corrected chi connectivity index (χ0v) is 9.25. The molecule has 2 unspecified atom stereocenters. The Hall–Kier alpha value is -0.830. The summed E-state index contributed by atoms with van der Waals surface area (Å²) in [6.45, 7) is 6.81. The Balaban J connectivity index is 2.26. The summed E-state index contributed by atoms with van der Waals surface area (Å²) in [6, 6.07) is 2.14. The van der Waals surface area contributed by atoms with Crippen LogP contribution in [0.5, 0.6) is 0 Å². The second-order valence-electron chi connectivity index (χ2n) is 4.61. The summed E-state index contributed by atoms with van der Waals surface area (Å²) < 4.78 is 1.89. The van der Waals surface area contributed by atoms with Gasteiger partial charge >= 0.3 is 0 Å². The van der Waals surface area contributed by atoms with Crippen LogP contribution in [-0.4, -0.2) is 22.9 Å². The summed E-state index contributed by atoms with van der Waals surface area (Å²) >= 11 is 0. The van der Waals surface area contributed by atoms with Crippen molar-refractivity contribution in [3.8, 4) is 0 Å². The first kappa shape index (κ1) is 9.71. The molecule has 1 aromatic heterocycles. The number of nitrogens with zero attached hydrogens (tertiary/aromatic N) is 2. The average molecular weight is 193 g/mol. The Morgan fingerprint density at radius 2 is 2.50 bits per heavy atom. The number of aryl methyl sites for hydroxylation is 1. The minimum absolute atomic E-state index is 0.383. The maximum Gasteiger partial charge on any atom is 0.0673 e. The van der Waals surface area contributed by atoms with Gasteiger partial charge in [0.15, 0.2) is 0 Å². The smallest absolute Gasteiger partial charge is 0.0673 e. The molecule has 0 aromatic carbocycles. The molecular formula is C11H19N3. The minimum Gasteiger partial charge on any atom is -0.315 e. The Morgan fingerprint density at radius 3 is 3.07 bits per heavy atom. The van der Waals surface area contributed by atoms with Gasteiger partial charge in [-0.3, -0.25) is 4.68 Å². The van der Waals surface area contributed by atoms with Crippen molar-refractivity contribution in [1.29, 1.82) is 0 Å². The summed E-state index contributed by atoms with van der Waals surface area (Å²) in [5.74, 6) is 0.577. The molecule has 0 saturated carbocycles. The number of aromatic nitrogens is 2. The second-order valence-corrected chi connectivity index (χ2v) is 4.61. The van der Waals surface area contributed by atoms with Crippen LogP contribution in [0.2, 0.25) is 0 Å². The molecule has 0 spiro atoms. The highest BCUT2D eigenvalue weighted by Crippen LogP contribution is 2.40. The normalized spacial score (nSPS) is 32.4. The highest BCUT2D eigenvalue weighted by atomic mass is 15.3. The lowest BCUT2D eigenvalue weighted by atomic mass is 9.76. The Labute approximate surface area is 85.5 Å². The summed E-state index contributed by atoms with van der Waals surface area (Å²) in [7, 11) is 1.98. The molecule has 0 bridgehead atoms. The lowest BCUT2D eigenvalue weighted by Gasteiger charge is -2.27. The Morgan fingerprint density at radius 1 is 1.71 bits per heavy atom. The fourth-order valence-electron chi connectivity index (χ4n) is 2.32. The van der Waals surface area contributed by atoms with Crippen molar-refractivity contribution in [2.24, 2.45) is 12.5 Å². The number of nitrogens with one attached hydrogen (secondary N) is 1. The van der Waals surface area contributed by atoms with Gasteiger partial charge in [-0.15, -0.1) is 0 Å². The molecular weight excluding hydrogens is 174 g/mol. The zero-order chi connectivity index (χ0) is 10.2. The molecule has 1 saturated heterocycles. The van der Waals surface area contributed by atoms with Crippen LogP contribution in [-0.2, 0) is 7.05 Å². The molecule has 1 aliphatic rings. The predicted molar refractivity (Wildman–Crippen MR) is 57.2 cm³/mol. The van der Waals surface area contributed by atoms with Crippen molar-refractivity contribution < 1.29 is 0 Å². The lowest BCUT2D eigenvalue weighted by Crippen LogP contribution is -2.24. The third-order valence-corrected chi connectivity index (χ3v) is 3.62. The van der Waals surface area contributed by atoms with Gasteiger partial charge in [0.2, 0.25) is 0 Å². The van der Waals surface area contributed by atoms with Crippen molar-refractivity contribution in [2.75, 3.05) is 13.1 Å². The number of rotatable bonds is 2. The molecule has 3 nitrogen and oxygen atoms in total. The van der Waals surface area contributed by atoms with Gasteiger partial charge in [0.05, 0.1) is 5.69 Å². The van der Waals surface area contributed by atoms with Crippen LogP contribution in [0.4, 0.5) is 0 Å². The van der Waals surface area contributed by atoms with E-state index in [2.05, 4.69) is 30.3 Å². The third-order valence-electron chi connectivity index (χ3n) is 3.62. The number of hydrogen-bond donors (Lipinski definition) is 1. The van der Waals surface area contributed by atoms with Crippen LogP contribution >= 0.6 is 0 Å². The van der Waals surface area contributed by atoms with E-state index in [4.69, 9.17) is 0 Å². The monoisotopic (exact) mass is 193 g/mol. The number of hydrogen-bond acceptors (Lipinski definition) is 2. The fourth-order valence-corrected chi connectivity index (χ4v) is 2.32. The van der Waals surface area contributed by atoms with E-state index >= 15 is 0 Å². The van der Waals surface area contributed by atoms with Crippen molar-refractivity contribution in [2.45, 2.75) is 26.2 Å². The van der Waals surface area contributed by atoms with Crippen LogP contribution in [0.25, 0.3) is 0 Å². The van der Waals surface area contributed by atoms with E-state index in [0.29, 0.717) is 11.3 Å². The predicted octanol–water partition coefficient (Wildman–Crippen LogP) is 1.52. The van der Waals surface area contributed by atoms with Crippen molar-refractivity contribution in [3.05, 3.63) is 18.0 Å². The molecule has 14 heavy (non-hydrogen) atoms. The average Bonchev–Trinajstić information content (AvgIpc) is 2.73. The molecule has 1 fully saturated rings. The summed E-state index contributed by atoms with van der Waals surface area (Å²) in [5, 5.41) is 7.99. The Bertz CT molecular complexity index is 318. The summed E-state index contributed by atoms with van der Waals surface area (Å²) in [4.78, 5) is 0. The van der Waals surface area contributed by atoms with Crippen molar-refractivity contribution in [1.82, 2.24) is 15.1 Å². The SMILES string of the molecule is CCC1(C)CNCC1c1ccn(C)n1.